The lowest BCUT2D eigenvalue weighted by Gasteiger charge is -2.37. The number of fused-ring (bicyclic) bond motifs is 1. The molecule has 8 heteroatoms. The molecule has 1 saturated heterocycles. The lowest BCUT2D eigenvalue weighted by atomic mass is 9.89. The third kappa shape index (κ3) is 5.15. The van der Waals surface area contributed by atoms with Gasteiger partial charge in [0.25, 0.3) is 11.5 Å². The topological polar surface area (TPSA) is 92.2 Å². The van der Waals surface area contributed by atoms with E-state index < -0.39 is 0 Å². The quantitative estimate of drug-likeness (QED) is 0.350. The molecule has 1 atom stereocenters. The molecule has 1 fully saturated rings. The minimum absolute atomic E-state index is 0.0818. The lowest BCUT2D eigenvalue weighted by molar-refractivity contribution is 0.0951. The standard InChI is InChI=1S/C31H37N5O3/c1-19-10-11-24(17-32-19)35-14-12-23(13-15-35)21(3)36-22(4)29(25-8-6-7-9-27(25)36)31(38)33-18-26-28(39-5)16-20(2)34-30(26)37/h6-11,16-17,21,23H,12-15,18H2,1-5H3,(H,33,38)(H,34,37)/t21-/m1/s1. The number of nitrogens with one attached hydrogen (secondary N) is 2. The Labute approximate surface area is 229 Å². The van der Waals surface area contributed by atoms with Gasteiger partial charge >= 0.3 is 0 Å². The first-order chi connectivity index (χ1) is 18.8. The highest BCUT2D eigenvalue weighted by molar-refractivity contribution is 6.08. The molecule has 1 aliphatic rings. The van der Waals surface area contributed by atoms with Crippen LogP contribution in [0.2, 0.25) is 0 Å². The molecule has 5 rings (SSSR count). The lowest BCUT2D eigenvalue weighted by Crippen LogP contribution is -2.36. The molecule has 3 aromatic heterocycles. The molecule has 39 heavy (non-hydrogen) atoms. The summed E-state index contributed by atoms with van der Waals surface area (Å²) in [5, 5.41) is 3.90. The number of para-hydroxylation sites is 1. The van der Waals surface area contributed by atoms with Gasteiger partial charge in [-0.15, -0.1) is 0 Å². The van der Waals surface area contributed by atoms with Crippen molar-refractivity contribution in [2.45, 2.75) is 53.1 Å². The first-order valence-corrected chi connectivity index (χ1v) is 13.6. The van der Waals surface area contributed by atoms with E-state index in [1.54, 1.807) is 13.0 Å². The molecule has 0 radical (unpaired) electrons. The number of piperidine rings is 1. The number of rotatable bonds is 7. The van der Waals surface area contributed by atoms with Crippen LogP contribution in [0.3, 0.4) is 0 Å². The summed E-state index contributed by atoms with van der Waals surface area (Å²) in [4.78, 5) is 35.8. The van der Waals surface area contributed by atoms with Crippen molar-refractivity contribution in [3.05, 3.63) is 87.2 Å². The summed E-state index contributed by atoms with van der Waals surface area (Å²) < 4.78 is 7.73. The SMILES string of the molecule is COc1cc(C)[nH]c(=O)c1CNC(=O)c1c(C)n([C@H](C)C2CCN(c3ccc(C)nc3)CC2)c2ccccc12. The summed E-state index contributed by atoms with van der Waals surface area (Å²) in [6.07, 6.45) is 4.10. The summed E-state index contributed by atoms with van der Waals surface area (Å²) in [7, 11) is 1.53. The van der Waals surface area contributed by atoms with Crippen LogP contribution in [0.1, 0.15) is 58.8 Å². The number of carbonyl (C=O) groups is 1. The Bertz CT molecular complexity index is 1550. The molecule has 1 aliphatic heterocycles. The third-order valence-electron chi connectivity index (χ3n) is 8.15. The number of ether oxygens (including phenoxy) is 1. The van der Waals surface area contributed by atoms with Crippen LogP contribution < -0.4 is 20.5 Å². The molecule has 0 spiro atoms. The van der Waals surface area contributed by atoms with E-state index in [0.717, 1.165) is 48.2 Å². The second-order valence-corrected chi connectivity index (χ2v) is 10.6. The number of carbonyl (C=O) groups excluding carboxylic acids is 1. The van der Waals surface area contributed by atoms with Crippen LogP contribution in [0.25, 0.3) is 10.9 Å². The van der Waals surface area contributed by atoms with Crippen LogP contribution >= 0.6 is 0 Å². The maximum atomic E-state index is 13.6. The van der Waals surface area contributed by atoms with Gasteiger partial charge in [-0.05, 0) is 70.7 Å². The first-order valence-electron chi connectivity index (χ1n) is 13.6. The van der Waals surface area contributed by atoms with Crippen molar-refractivity contribution in [2.24, 2.45) is 5.92 Å². The second-order valence-electron chi connectivity index (χ2n) is 10.6. The summed E-state index contributed by atoms with van der Waals surface area (Å²) in [6, 6.07) is 14.3. The smallest absolute Gasteiger partial charge is 0.256 e. The fourth-order valence-corrected chi connectivity index (χ4v) is 5.99. The number of H-pyrrole nitrogens is 1. The summed E-state index contributed by atoms with van der Waals surface area (Å²) in [5.41, 5.74) is 5.72. The highest BCUT2D eigenvalue weighted by atomic mass is 16.5. The number of pyridine rings is 2. The molecule has 0 saturated carbocycles. The van der Waals surface area contributed by atoms with Gasteiger partial charge in [0.05, 0.1) is 36.7 Å². The molecule has 1 amide bonds. The van der Waals surface area contributed by atoms with Gasteiger partial charge in [-0.1, -0.05) is 18.2 Å². The third-order valence-corrected chi connectivity index (χ3v) is 8.15. The maximum Gasteiger partial charge on any atom is 0.256 e. The number of anilines is 1. The van der Waals surface area contributed by atoms with Gasteiger partial charge in [0, 0.05) is 47.1 Å². The first kappa shape index (κ1) is 26.5. The predicted molar refractivity (Wildman–Crippen MR) is 155 cm³/mol. The number of nitrogens with zero attached hydrogens (tertiary/aromatic N) is 3. The van der Waals surface area contributed by atoms with Gasteiger partial charge in [0.2, 0.25) is 0 Å². The number of benzene rings is 1. The molecule has 4 heterocycles. The Balaban J connectivity index is 1.37. The van der Waals surface area contributed by atoms with Crippen molar-refractivity contribution < 1.29 is 9.53 Å². The summed E-state index contributed by atoms with van der Waals surface area (Å²) >= 11 is 0. The summed E-state index contributed by atoms with van der Waals surface area (Å²) in [5.74, 6) is 0.760. The van der Waals surface area contributed by atoms with E-state index in [1.165, 1.54) is 12.8 Å². The molecule has 1 aromatic carbocycles. The normalized spacial score (nSPS) is 14.9. The molecule has 2 N–H and O–H groups in total. The van der Waals surface area contributed by atoms with Crippen molar-refractivity contribution in [1.29, 1.82) is 0 Å². The number of amides is 1. The Morgan fingerprint density at radius 3 is 2.59 bits per heavy atom. The van der Waals surface area contributed by atoms with Crippen molar-refractivity contribution in [3.63, 3.8) is 0 Å². The zero-order valence-corrected chi connectivity index (χ0v) is 23.4. The number of methoxy groups -OCH3 is 1. The molecule has 0 aliphatic carbocycles. The van der Waals surface area contributed by atoms with Gasteiger partial charge in [-0.3, -0.25) is 14.6 Å². The number of aromatic amines is 1. The van der Waals surface area contributed by atoms with E-state index in [2.05, 4.69) is 49.9 Å². The van der Waals surface area contributed by atoms with Crippen molar-refractivity contribution in [3.8, 4) is 5.75 Å². The van der Waals surface area contributed by atoms with E-state index in [1.807, 2.05) is 38.2 Å². The van der Waals surface area contributed by atoms with Crippen molar-refractivity contribution in [1.82, 2.24) is 19.9 Å². The zero-order chi connectivity index (χ0) is 27.7. The van der Waals surface area contributed by atoms with Gasteiger partial charge in [-0.25, -0.2) is 0 Å². The highest BCUT2D eigenvalue weighted by Crippen LogP contribution is 2.36. The van der Waals surface area contributed by atoms with E-state index in [-0.39, 0.29) is 24.1 Å². The molecular formula is C31H37N5O3. The van der Waals surface area contributed by atoms with Gasteiger partial charge in [-0.2, -0.15) is 0 Å². The average molecular weight is 528 g/mol. The molecule has 4 aromatic rings. The van der Waals surface area contributed by atoms with Crippen LogP contribution in [0.5, 0.6) is 5.75 Å². The monoisotopic (exact) mass is 527 g/mol. The van der Waals surface area contributed by atoms with Crippen LogP contribution in [-0.2, 0) is 6.54 Å². The van der Waals surface area contributed by atoms with Crippen LogP contribution in [0.15, 0.2) is 53.5 Å². The Hall–Kier alpha value is -4.07. The van der Waals surface area contributed by atoms with Crippen molar-refractivity contribution >= 4 is 22.5 Å². The van der Waals surface area contributed by atoms with Gasteiger partial charge in [0.1, 0.15) is 5.75 Å². The van der Waals surface area contributed by atoms with E-state index in [9.17, 15) is 9.59 Å². The number of aryl methyl sites for hydroxylation is 2. The van der Waals surface area contributed by atoms with E-state index >= 15 is 0 Å². The highest BCUT2D eigenvalue weighted by Gasteiger charge is 2.29. The minimum Gasteiger partial charge on any atom is -0.496 e. The number of aromatic nitrogens is 3. The molecule has 0 unspecified atom stereocenters. The fraction of sp³-hybridized carbons (Fsp3) is 0.387. The average Bonchev–Trinajstić information content (AvgIpc) is 3.23. The fourth-order valence-electron chi connectivity index (χ4n) is 5.99. The van der Waals surface area contributed by atoms with Gasteiger partial charge < -0.3 is 24.5 Å². The predicted octanol–water partition coefficient (Wildman–Crippen LogP) is 5.07. The minimum atomic E-state index is -0.257. The number of hydrogen-bond donors (Lipinski definition) is 2. The van der Waals surface area contributed by atoms with Crippen molar-refractivity contribution in [2.75, 3.05) is 25.1 Å². The Morgan fingerprint density at radius 1 is 1.15 bits per heavy atom. The van der Waals surface area contributed by atoms with Gasteiger partial charge in [0.15, 0.2) is 0 Å². The van der Waals surface area contributed by atoms with Crippen LogP contribution in [0.4, 0.5) is 5.69 Å². The Kier molecular flexibility index (Phi) is 7.46. The molecule has 8 nitrogen and oxygen atoms in total. The van der Waals surface area contributed by atoms with E-state index in [0.29, 0.717) is 28.5 Å². The maximum absolute atomic E-state index is 13.6. The Morgan fingerprint density at radius 2 is 1.90 bits per heavy atom. The number of hydrogen-bond acceptors (Lipinski definition) is 5. The largest absolute Gasteiger partial charge is 0.496 e. The molecule has 204 valence electrons. The van der Waals surface area contributed by atoms with Crippen LogP contribution in [-0.4, -0.2) is 40.6 Å². The van der Waals surface area contributed by atoms with Crippen LogP contribution in [0, 0.1) is 26.7 Å². The second kappa shape index (κ2) is 11.0. The summed E-state index contributed by atoms with van der Waals surface area (Å²) in [6.45, 7) is 10.2. The molecule has 0 bridgehead atoms. The van der Waals surface area contributed by atoms with E-state index in [4.69, 9.17) is 4.74 Å². The molecular weight excluding hydrogens is 490 g/mol. The zero-order valence-electron chi connectivity index (χ0n) is 23.4.